The SMILES string of the molecule is CCC(C)C(NC(=O)Cc1c(C)c2cc3c(C(C)(C)C)coc3c(C)c2oc1=O)C(=O)O. The Hall–Kier alpha value is -3.09. The van der Waals surface area contributed by atoms with Crippen LogP contribution in [0.15, 0.2) is 26.0 Å². The summed E-state index contributed by atoms with van der Waals surface area (Å²) < 4.78 is 11.4. The normalized spacial score (nSPS) is 14.0. The third-order valence-corrected chi connectivity index (χ3v) is 6.28. The van der Waals surface area contributed by atoms with Crippen molar-refractivity contribution in [1.82, 2.24) is 5.32 Å². The highest BCUT2D eigenvalue weighted by molar-refractivity contribution is 6.00. The molecule has 32 heavy (non-hydrogen) atoms. The molecule has 0 saturated heterocycles. The molecule has 0 spiro atoms. The maximum Gasteiger partial charge on any atom is 0.340 e. The van der Waals surface area contributed by atoms with Gasteiger partial charge in [0.2, 0.25) is 5.91 Å². The van der Waals surface area contributed by atoms with Gasteiger partial charge >= 0.3 is 11.6 Å². The Morgan fingerprint density at radius 2 is 1.78 bits per heavy atom. The number of carboxylic acid groups (broad SMARTS) is 1. The van der Waals surface area contributed by atoms with Gasteiger partial charge in [-0.05, 0) is 36.8 Å². The summed E-state index contributed by atoms with van der Waals surface area (Å²) in [4.78, 5) is 36.9. The van der Waals surface area contributed by atoms with Crippen LogP contribution in [-0.2, 0) is 21.4 Å². The minimum absolute atomic E-state index is 0.139. The van der Waals surface area contributed by atoms with Crippen LogP contribution in [0.5, 0.6) is 0 Å². The van der Waals surface area contributed by atoms with Crippen LogP contribution in [0.25, 0.3) is 21.9 Å². The molecule has 2 heterocycles. The zero-order valence-corrected chi connectivity index (χ0v) is 19.7. The Kier molecular flexibility index (Phi) is 6.22. The number of carbonyl (C=O) groups excluding carboxylic acids is 1. The number of carboxylic acids is 1. The summed E-state index contributed by atoms with van der Waals surface area (Å²) >= 11 is 0. The molecule has 0 bridgehead atoms. The summed E-state index contributed by atoms with van der Waals surface area (Å²) in [7, 11) is 0. The maximum absolute atomic E-state index is 12.8. The molecule has 2 unspecified atom stereocenters. The van der Waals surface area contributed by atoms with Crippen molar-refractivity contribution in [3.8, 4) is 0 Å². The molecule has 0 saturated carbocycles. The van der Waals surface area contributed by atoms with E-state index in [0.29, 0.717) is 23.2 Å². The molecule has 2 atom stereocenters. The Balaban J connectivity index is 2.09. The van der Waals surface area contributed by atoms with Crippen molar-refractivity contribution in [2.24, 2.45) is 5.92 Å². The number of hydrogen-bond acceptors (Lipinski definition) is 5. The van der Waals surface area contributed by atoms with Gasteiger partial charge in [0.25, 0.3) is 0 Å². The fourth-order valence-electron chi connectivity index (χ4n) is 4.05. The predicted molar refractivity (Wildman–Crippen MR) is 123 cm³/mol. The average molecular weight is 442 g/mol. The second-order valence-corrected chi connectivity index (χ2v) is 9.59. The molecule has 0 radical (unpaired) electrons. The molecule has 2 aromatic heterocycles. The van der Waals surface area contributed by atoms with E-state index in [1.54, 1.807) is 20.1 Å². The van der Waals surface area contributed by atoms with Crippen LogP contribution in [0, 0.1) is 19.8 Å². The van der Waals surface area contributed by atoms with Gasteiger partial charge in [-0.3, -0.25) is 4.79 Å². The van der Waals surface area contributed by atoms with E-state index in [-0.39, 0.29) is 23.3 Å². The van der Waals surface area contributed by atoms with Gasteiger partial charge in [-0.2, -0.15) is 0 Å². The van der Waals surface area contributed by atoms with Crippen LogP contribution >= 0.6 is 0 Å². The van der Waals surface area contributed by atoms with Crippen molar-refractivity contribution in [3.05, 3.63) is 45.0 Å². The standard InChI is InChI=1S/C25H31NO6/c1-8-12(2)20(23(28)29)26-19(27)10-16-13(3)15-9-17-18(25(5,6)7)11-31-21(17)14(4)22(15)32-24(16)30/h9,11-12,20H,8,10H2,1-7H3,(H,26,27)(H,28,29). The van der Waals surface area contributed by atoms with Crippen LogP contribution in [0.3, 0.4) is 0 Å². The lowest BCUT2D eigenvalue weighted by atomic mass is 9.86. The van der Waals surface area contributed by atoms with E-state index in [9.17, 15) is 19.5 Å². The smallest absolute Gasteiger partial charge is 0.340 e. The highest BCUT2D eigenvalue weighted by Crippen LogP contribution is 2.37. The van der Waals surface area contributed by atoms with E-state index in [2.05, 4.69) is 26.1 Å². The summed E-state index contributed by atoms with van der Waals surface area (Å²) in [6.45, 7) is 13.6. The first-order valence-electron chi connectivity index (χ1n) is 10.9. The third kappa shape index (κ3) is 4.16. The van der Waals surface area contributed by atoms with Crippen LogP contribution in [-0.4, -0.2) is 23.0 Å². The summed E-state index contributed by atoms with van der Waals surface area (Å²) in [6.07, 6.45) is 2.09. The lowest BCUT2D eigenvalue weighted by molar-refractivity contribution is -0.143. The Morgan fingerprint density at radius 3 is 2.34 bits per heavy atom. The molecular weight excluding hydrogens is 410 g/mol. The molecule has 1 aromatic carbocycles. The van der Waals surface area contributed by atoms with Crippen molar-refractivity contribution in [2.75, 3.05) is 0 Å². The third-order valence-electron chi connectivity index (χ3n) is 6.28. The largest absolute Gasteiger partial charge is 0.480 e. The van der Waals surface area contributed by atoms with E-state index in [4.69, 9.17) is 8.83 Å². The molecule has 3 rings (SSSR count). The zero-order valence-electron chi connectivity index (χ0n) is 19.7. The highest BCUT2D eigenvalue weighted by Gasteiger charge is 2.27. The molecule has 2 N–H and O–H groups in total. The quantitative estimate of drug-likeness (QED) is 0.541. The Morgan fingerprint density at radius 1 is 1.12 bits per heavy atom. The Bertz CT molecular complexity index is 1260. The molecule has 7 nitrogen and oxygen atoms in total. The Labute approximate surface area is 186 Å². The maximum atomic E-state index is 12.8. The summed E-state index contributed by atoms with van der Waals surface area (Å²) in [5.74, 6) is -1.86. The van der Waals surface area contributed by atoms with Crippen molar-refractivity contribution in [3.63, 3.8) is 0 Å². The van der Waals surface area contributed by atoms with E-state index < -0.39 is 23.5 Å². The number of aryl methyl sites for hydroxylation is 2. The minimum Gasteiger partial charge on any atom is -0.480 e. The molecule has 172 valence electrons. The molecule has 0 aliphatic rings. The monoisotopic (exact) mass is 441 g/mol. The molecule has 0 fully saturated rings. The fourth-order valence-corrected chi connectivity index (χ4v) is 4.05. The second kappa shape index (κ2) is 8.45. The number of carbonyl (C=O) groups is 2. The van der Waals surface area contributed by atoms with Crippen molar-refractivity contribution in [1.29, 1.82) is 0 Å². The number of nitrogens with one attached hydrogen (secondary N) is 1. The summed E-state index contributed by atoms with van der Waals surface area (Å²) in [5, 5.41) is 13.7. The molecule has 0 aliphatic carbocycles. The predicted octanol–water partition coefficient (Wildman–Crippen LogP) is 4.61. The van der Waals surface area contributed by atoms with Crippen molar-refractivity contribution in [2.45, 2.75) is 72.8 Å². The van der Waals surface area contributed by atoms with Gasteiger partial charge < -0.3 is 19.3 Å². The first-order valence-corrected chi connectivity index (χ1v) is 10.9. The van der Waals surface area contributed by atoms with Gasteiger partial charge in [0.15, 0.2) is 0 Å². The molecule has 3 aromatic rings. The van der Waals surface area contributed by atoms with E-state index in [0.717, 1.165) is 21.9 Å². The van der Waals surface area contributed by atoms with Gasteiger partial charge in [-0.1, -0.05) is 41.0 Å². The van der Waals surface area contributed by atoms with Crippen LogP contribution in [0.4, 0.5) is 0 Å². The lowest BCUT2D eigenvalue weighted by Gasteiger charge is -2.20. The highest BCUT2D eigenvalue weighted by atomic mass is 16.4. The summed E-state index contributed by atoms with van der Waals surface area (Å²) in [5.41, 5.74) is 3.00. The van der Waals surface area contributed by atoms with E-state index in [1.807, 2.05) is 19.9 Å². The van der Waals surface area contributed by atoms with Crippen molar-refractivity contribution >= 4 is 33.8 Å². The molecule has 0 aliphatic heterocycles. The number of furan rings is 1. The molecular formula is C25H31NO6. The number of hydrogen-bond donors (Lipinski definition) is 2. The number of aliphatic carboxylic acids is 1. The zero-order chi connectivity index (χ0) is 24.0. The van der Waals surface area contributed by atoms with Crippen LogP contribution in [0.2, 0.25) is 0 Å². The number of benzene rings is 1. The molecule has 7 heteroatoms. The van der Waals surface area contributed by atoms with E-state index in [1.165, 1.54) is 0 Å². The lowest BCUT2D eigenvalue weighted by Crippen LogP contribution is -2.45. The minimum atomic E-state index is -1.09. The average Bonchev–Trinajstić information content (AvgIpc) is 3.14. The van der Waals surface area contributed by atoms with Gasteiger partial charge in [-0.15, -0.1) is 0 Å². The van der Waals surface area contributed by atoms with Gasteiger partial charge in [0.05, 0.1) is 18.2 Å². The summed E-state index contributed by atoms with van der Waals surface area (Å²) in [6, 6.07) is 0.933. The van der Waals surface area contributed by atoms with Crippen molar-refractivity contribution < 1.29 is 23.5 Å². The van der Waals surface area contributed by atoms with E-state index >= 15 is 0 Å². The first-order chi connectivity index (χ1) is 14.9. The number of amides is 1. The van der Waals surface area contributed by atoms with Gasteiger partial charge in [0.1, 0.15) is 17.2 Å². The first kappa shape index (κ1) is 23.6. The second-order valence-electron chi connectivity index (χ2n) is 9.59. The fraction of sp³-hybridized carbons (Fsp3) is 0.480. The molecule has 1 amide bonds. The van der Waals surface area contributed by atoms with Gasteiger partial charge in [-0.25, -0.2) is 9.59 Å². The van der Waals surface area contributed by atoms with Crippen LogP contribution in [0.1, 0.15) is 63.3 Å². The van der Waals surface area contributed by atoms with Crippen LogP contribution < -0.4 is 10.9 Å². The topological polar surface area (TPSA) is 110 Å². The number of rotatable bonds is 6. The van der Waals surface area contributed by atoms with Gasteiger partial charge in [0, 0.05) is 21.9 Å². The number of fused-ring (bicyclic) bond motifs is 2.